The number of hydrogen-bond donors (Lipinski definition) is 4. The maximum absolute atomic E-state index is 11.4. The first-order valence-corrected chi connectivity index (χ1v) is 4.27. The molecular formula is C9H11N3O4. The summed E-state index contributed by atoms with van der Waals surface area (Å²) in [6, 6.07) is 3.17. The molecule has 7 nitrogen and oxygen atoms in total. The lowest BCUT2D eigenvalue weighted by Crippen LogP contribution is -2.44. The molecule has 0 atom stereocenters. The van der Waals surface area contributed by atoms with Gasteiger partial charge in [-0.05, 0) is 18.2 Å². The Balaban J connectivity index is 2.77. The number of hydrogen-bond acceptors (Lipinski definition) is 4. The first-order chi connectivity index (χ1) is 7.54. The van der Waals surface area contributed by atoms with Gasteiger partial charge in [0.25, 0.3) is 5.91 Å². The van der Waals surface area contributed by atoms with E-state index in [1.807, 2.05) is 10.9 Å². The fourth-order valence-electron chi connectivity index (χ4n) is 1.02. The smallest absolute Gasteiger partial charge is 0.330 e. The van der Waals surface area contributed by atoms with E-state index in [2.05, 4.69) is 0 Å². The Hall–Kier alpha value is -2.44. The SMILES string of the molecule is COc1ccc(C(=O)NNC(N)=O)cc1O. The molecule has 5 N–H and O–H groups in total. The van der Waals surface area contributed by atoms with Gasteiger partial charge in [0.2, 0.25) is 0 Å². The first-order valence-electron chi connectivity index (χ1n) is 4.27. The molecule has 0 saturated carbocycles. The van der Waals surface area contributed by atoms with Gasteiger partial charge in [-0.3, -0.25) is 10.2 Å². The largest absolute Gasteiger partial charge is 0.504 e. The number of ether oxygens (including phenoxy) is 1. The fraction of sp³-hybridized carbons (Fsp3) is 0.111. The number of phenolic OH excluding ortho intramolecular Hbond substituents is 1. The number of methoxy groups -OCH3 is 1. The number of benzene rings is 1. The molecule has 0 aliphatic carbocycles. The Labute approximate surface area is 91.2 Å². The number of urea groups is 1. The van der Waals surface area contributed by atoms with Crippen molar-refractivity contribution in [3.05, 3.63) is 23.8 Å². The minimum atomic E-state index is -0.883. The number of phenols is 1. The number of aromatic hydroxyl groups is 1. The van der Waals surface area contributed by atoms with Crippen LogP contribution in [0.15, 0.2) is 18.2 Å². The number of nitrogens with one attached hydrogen (secondary N) is 2. The number of hydrazine groups is 1. The summed E-state index contributed by atoms with van der Waals surface area (Å²) < 4.78 is 4.81. The maximum Gasteiger partial charge on any atom is 0.330 e. The van der Waals surface area contributed by atoms with Gasteiger partial charge in [-0.15, -0.1) is 0 Å². The van der Waals surface area contributed by atoms with Crippen LogP contribution >= 0.6 is 0 Å². The lowest BCUT2D eigenvalue weighted by molar-refractivity contribution is 0.0937. The number of rotatable bonds is 2. The van der Waals surface area contributed by atoms with Crippen molar-refractivity contribution in [1.82, 2.24) is 10.9 Å². The normalized spacial score (nSPS) is 9.31. The molecule has 0 aliphatic rings. The molecule has 0 unspecified atom stereocenters. The second-order valence-electron chi connectivity index (χ2n) is 2.83. The number of carbonyl (C=O) groups excluding carboxylic acids is 2. The second-order valence-corrected chi connectivity index (χ2v) is 2.83. The van der Waals surface area contributed by atoms with E-state index in [1.54, 1.807) is 0 Å². The van der Waals surface area contributed by atoms with Gasteiger partial charge in [-0.25, -0.2) is 10.2 Å². The van der Waals surface area contributed by atoms with Crippen LogP contribution in [0.25, 0.3) is 0 Å². The Morgan fingerprint density at radius 3 is 2.56 bits per heavy atom. The van der Waals surface area contributed by atoms with Gasteiger partial charge >= 0.3 is 6.03 Å². The molecule has 0 fully saturated rings. The molecule has 0 heterocycles. The molecule has 1 aromatic carbocycles. The van der Waals surface area contributed by atoms with Gasteiger partial charge in [0.1, 0.15) is 0 Å². The lowest BCUT2D eigenvalue weighted by atomic mass is 10.2. The molecule has 16 heavy (non-hydrogen) atoms. The number of carbonyl (C=O) groups is 2. The van der Waals surface area contributed by atoms with E-state index < -0.39 is 11.9 Å². The lowest BCUT2D eigenvalue weighted by Gasteiger charge is -2.07. The third-order valence-corrected chi connectivity index (χ3v) is 1.74. The van der Waals surface area contributed by atoms with Crippen LogP contribution in [0.4, 0.5) is 4.79 Å². The molecule has 1 rings (SSSR count). The van der Waals surface area contributed by atoms with E-state index in [9.17, 15) is 14.7 Å². The molecule has 1 aromatic rings. The zero-order valence-corrected chi connectivity index (χ0v) is 8.48. The van der Waals surface area contributed by atoms with Crippen LogP contribution in [-0.4, -0.2) is 24.2 Å². The zero-order valence-electron chi connectivity index (χ0n) is 8.48. The summed E-state index contributed by atoms with van der Waals surface area (Å²) in [6.45, 7) is 0. The number of amides is 3. The Bertz CT molecular complexity index is 419. The minimum absolute atomic E-state index is 0.159. The predicted octanol–water partition coefficient (Wildman–Crippen LogP) is -0.286. The van der Waals surface area contributed by atoms with Crippen molar-refractivity contribution >= 4 is 11.9 Å². The summed E-state index contributed by atoms with van der Waals surface area (Å²) in [4.78, 5) is 21.7. The standard InChI is InChI=1S/C9H11N3O4/c1-16-7-3-2-5(4-6(7)13)8(14)11-12-9(10)15/h2-4,13H,1H3,(H,11,14)(H3,10,12,15). The van der Waals surface area contributed by atoms with Gasteiger partial charge in [0, 0.05) is 5.56 Å². The summed E-state index contributed by atoms with van der Waals surface area (Å²) in [5.41, 5.74) is 8.89. The van der Waals surface area contributed by atoms with Gasteiger partial charge < -0.3 is 15.6 Å². The summed E-state index contributed by atoms with van der Waals surface area (Å²) >= 11 is 0. The molecule has 7 heteroatoms. The molecule has 0 aromatic heterocycles. The van der Waals surface area contributed by atoms with Crippen LogP contribution in [0.5, 0.6) is 11.5 Å². The summed E-state index contributed by atoms with van der Waals surface area (Å²) in [6.07, 6.45) is 0. The molecule has 0 bridgehead atoms. The average molecular weight is 225 g/mol. The van der Waals surface area contributed by atoms with Crippen molar-refractivity contribution in [3.63, 3.8) is 0 Å². The van der Waals surface area contributed by atoms with Crippen LogP contribution in [0, 0.1) is 0 Å². The summed E-state index contributed by atoms with van der Waals surface area (Å²) in [5, 5.41) is 9.40. The molecular weight excluding hydrogens is 214 g/mol. The Morgan fingerprint density at radius 1 is 1.38 bits per heavy atom. The number of primary amides is 1. The summed E-state index contributed by atoms with van der Waals surface area (Å²) in [7, 11) is 1.39. The molecule has 86 valence electrons. The highest BCUT2D eigenvalue weighted by Crippen LogP contribution is 2.25. The van der Waals surface area contributed by atoms with Gasteiger partial charge in [0.15, 0.2) is 11.5 Å². The highest BCUT2D eigenvalue weighted by molar-refractivity contribution is 5.95. The van der Waals surface area contributed by atoms with Gasteiger partial charge in [0.05, 0.1) is 7.11 Å². The Morgan fingerprint density at radius 2 is 2.06 bits per heavy atom. The monoisotopic (exact) mass is 225 g/mol. The predicted molar refractivity (Wildman–Crippen MR) is 54.8 cm³/mol. The van der Waals surface area contributed by atoms with Crippen molar-refractivity contribution in [2.45, 2.75) is 0 Å². The van der Waals surface area contributed by atoms with E-state index in [1.165, 1.54) is 25.3 Å². The van der Waals surface area contributed by atoms with Crippen LogP contribution in [-0.2, 0) is 0 Å². The summed E-state index contributed by atoms with van der Waals surface area (Å²) in [5.74, 6) is -0.523. The van der Waals surface area contributed by atoms with E-state index in [4.69, 9.17) is 10.5 Å². The van der Waals surface area contributed by atoms with Gasteiger partial charge in [-0.1, -0.05) is 0 Å². The van der Waals surface area contributed by atoms with Crippen molar-refractivity contribution in [3.8, 4) is 11.5 Å². The highest BCUT2D eigenvalue weighted by Gasteiger charge is 2.09. The van der Waals surface area contributed by atoms with Crippen molar-refractivity contribution in [2.75, 3.05) is 7.11 Å². The quantitative estimate of drug-likeness (QED) is 0.518. The molecule has 0 radical (unpaired) electrons. The topological polar surface area (TPSA) is 114 Å². The number of nitrogens with two attached hydrogens (primary N) is 1. The van der Waals surface area contributed by atoms with E-state index in [-0.39, 0.29) is 17.1 Å². The fourth-order valence-corrected chi connectivity index (χ4v) is 1.02. The van der Waals surface area contributed by atoms with Crippen LogP contribution < -0.4 is 21.3 Å². The Kier molecular flexibility index (Phi) is 3.54. The second kappa shape index (κ2) is 4.87. The molecule has 0 aliphatic heterocycles. The van der Waals surface area contributed by atoms with Crippen molar-refractivity contribution < 1.29 is 19.4 Å². The van der Waals surface area contributed by atoms with E-state index in [0.29, 0.717) is 0 Å². The van der Waals surface area contributed by atoms with Crippen LogP contribution in [0.3, 0.4) is 0 Å². The highest BCUT2D eigenvalue weighted by atomic mass is 16.5. The molecule has 0 spiro atoms. The maximum atomic E-state index is 11.4. The first kappa shape index (κ1) is 11.6. The van der Waals surface area contributed by atoms with Crippen LogP contribution in [0.2, 0.25) is 0 Å². The van der Waals surface area contributed by atoms with E-state index >= 15 is 0 Å². The van der Waals surface area contributed by atoms with Crippen molar-refractivity contribution in [2.24, 2.45) is 5.73 Å². The van der Waals surface area contributed by atoms with Gasteiger partial charge in [-0.2, -0.15) is 0 Å². The molecule has 3 amide bonds. The van der Waals surface area contributed by atoms with E-state index in [0.717, 1.165) is 0 Å². The minimum Gasteiger partial charge on any atom is -0.504 e. The third-order valence-electron chi connectivity index (χ3n) is 1.74. The molecule has 0 saturated heterocycles. The average Bonchev–Trinajstić information content (AvgIpc) is 2.25. The van der Waals surface area contributed by atoms with Crippen LogP contribution in [0.1, 0.15) is 10.4 Å². The third kappa shape index (κ3) is 2.77. The van der Waals surface area contributed by atoms with Crippen molar-refractivity contribution in [1.29, 1.82) is 0 Å². The zero-order chi connectivity index (χ0) is 12.1.